The summed E-state index contributed by atoms with van der Waals surface area (Å²) in [6.07, 6.45) is -0.439. The molecule has 0 saturated heterocycles. The summed E-state index contributed by atoms with van der Waals surface area (Å²) in [6.45, 7) is 10.4. The fourth-order valence-corrected chi connectivity index (χ4v) is 2.66. The molecule has 0 atom stereocenters. The highest BCUT2D eigenvalue weighted by Crippen LogP contribution is 2.17. The van der Waals surface area contributed by atoms with Crippen LogP contribution in [0.4, 0.5) is 9.93 Å². The Labute approximate surface area is 183 Å². The van der Waals surface area contributed by atoms with Crippen molar-refractivity contribution >= 4 is 52.5 Å². The molecule has 1 aromatic heterocycles. The smallest absolute Gasteiger partial charge is 0.408 e. The standard InChI is InChI=1S/C17H32N6O2S.HI/c1-16(2,3)25-15(24)22-17(4,5)11-20-13(18-6)19-9-12-10-26-14(21-12)23(7)8;/h10H,9,11H2,1-8H3,(H,22,24)(H2,18,19,20);1H. The maximum absolute atomic E-state index is 11.9. The molecule has 156 valence electrons. The number of anilines is 1. The number of rotatable bonds is 6. The van der Waals surface area contributed by atoms with E-state index in [1.54, 1.807) is 18.4 Å². The second-order valence-corrected chi connectivity index (χ2v) is 8.64. The van der Waals surface area contributed by atoms with E-state index in [1.165, 1.54) is 0 Å². The fraction of sp³-hybridized carbons (Fsp3) is 0.706. The number of nitrogens with one attached hydrogen (secondary N) is 3. The van der Waals surface area contributed by atoms with Crippen LogP contribution in [0.3, 0.4) is 0 Å². The highest BCUT2D eigenvalue weighted by atomic mass is 127. The summed E-state index contributed by atoms with van der Waals surface area (Å²) in [5.74, 6) is 0.642. The first kappa shape index (κ1) is 25.7. The predicted octanol–water partition coefficient (Wildman–Crippen LogP) is 2.80. The van der Waals surface area contributed by atoms with Crippen LogP contribution in [-0.2, 0) is 11.3 Å². The van der Waals surface area contributed by atoms with Crippen LogP contribution >= 0.6 is 35.3 Å². The Morgan fingerprint density at radius 1 is 1.26 bits per heavy atom. The number of carbonyl (C=O) groups is 1. The summed E-state index contributed by atoms with van der Waals surface area (Å²) >= 11 is 1.60. The number of alkyl carbamates (subject to hydrolysis) is 1. The van der Waals surface area contributed by atoms with Crippen LogP contribution in [0.2, 0.25) is 0 Å². The molecule has 0 aliphatic carbocycles. The molecule has 0 fully saturated rings. The first-order chi connectivity index (χ1) is 11.9. The zero-order valence-corrected chi connectivity index (χ0v) is 20.6. The molecule has 10 heteroatoms. The molecule has 3 N–H and O–H groups in total. The summed E-state index contributed by atoms with van der Waals surface area (Å²) in [5, 5.41) is 12.3. The van der Waals surface area contributed by atoms with E-state index in [4.69, 9.17) is 4.74 Å². The van der Waals surface area contributed by atoms with Gasteiger partial charge in [0.2, 0.25) is 0 Å². The molecule has 1 aromatic rings. The summed E-state index contributed by atoms with van der Waals surface area (Å²) < 4.78 is 5.30. The van der Waals surface area contributed by atoms with Gasteiger partial charge >= 0.3 is 6.09 Å². The van der Waals surface area contributed by atoms with Crippen LogP contribution in [-0.4, -0.2) is 55.9 Å². The molecule has 27 heavy (non-hydrogen) atoms. The van der Waals surface area contributed by atoms with Gasteiger partial charge in [0.1, 0.15) is 5.60 Å². The number of guanidine groups is 1. The van der Waals surface area contributed by atoms with Gasteiger partial charge in [0.25, 0.3) is 0 Å². The Morgan fingerprint density at radius 2 is 1.89 bits per heavy atom. The first-order valence-corrected chi connectivity index (χ1v) is 9.37. The van der Waals surface area contributed by atoms with Gasteiger partial charge in [-0.25, -0.2) is 9.78 Å². The van der Waals surface area contributed by atoms with E-state index < -0.39 is 17.2 Å². The molecule has 0 aliphatic heterocycles. The molecule has 0 saturated carbocycles. The van der Waals surface area contributed by atoms with Gasteiger partial charge in [-0.05, 0) is 34.6 Å². The second kappa shape index (κ2) is 10.9. The van der Waals surface area contributed by atoms with Gasteiger partial charge in [0.05, 0.1) is 17.8 Å². The highest BCUT2D eigenvalue weighted by molar-refractivity contribution is 14.0. The molecule has 1 heterocycles. The maximum atomic E-state index is 11.9. The number of nitrogens with zero attached hydrogens (tertiary/aromatic N) is 3. The van der Waals surface area contributed by atoms with Gasteiger partial charge in [0, 0.05) is 33.1 Å². The van der Waals surface area contributed by atoms with Crippen molar-refractivity contribution in [3.05, 3.63) is 11.1 Å². The molecule has 1 amide bonds. The molecule has 0 spiro atoms. The maximum Gasteiger partial charge on any atom is 0.408 e. The molecule has 0 bridgehead atoms. The minimum Gasteiger partial charge on any atom is -0.444 e. The van der Waals surface area contributed by atoms with Gasteiger partial charge in [-0.2, -0.15) is 0 Å². The number of aliphatic imine (C=N–C) groups is 1. The average Bonchev–Trinajstić information content (AvgIpc) is 2.93. The Hall–Kier alpha value is -1.30. The van der Waals surface area contributed by atoms with Gasteiger partial charge < -0.3 is 25.6 Å². The van der Waals surface area contributed by atoms with E-state index in [-0.39, 0.29) is 24.0 Å². The summed E-state index contributed by atoms with van der Waals surface area (Å²) in [4.78, 5) is 22.6. The molecule has 0 aliphatic rings. The number of halogens is 1. The number of carbonyl (C=O) groups excluding carboxylic acids is 1. The van der Waals surface area contributed by atoms with E-state index >= 15 is 0 Å². The molecule has 1 rings (SSSR count). The van der Waals surface area contributed by atoms with Crippen molar-refractivity contribution < 1.29 is 9.53 Å². The summed E-state index contributed by atoms with van der Waals surface area (Å²) in [7, 11) is 5.64. The number of hydrogen-bond acceptors (Lipinski definition) is 6. The van der Waals surface area contributed by atoms with Crippen molar-refractivity contribution in [1.29, 1.82) is 0 Å². The van der Waals surface area contributed by atoms with Crippen LogP contribution in [0.5, 0.6) is 0 Å². The number of aromatic nitrogens is 1. The van der Waals surface area contributed by atoms with Gasteiger partial charge in [-0.15, -0.1) is 35.3 Å². The van der Waals surface area contributed by atoms with Gasteiger partial charge in [0.15, 0.2) is 11.1 Å². The third-order valence-corrected chi connectivity index (χ3v) is 4.18. The number of ether oxygens (including phenoxy) is 1. The molecule has 0 aromatic carbocycles. The summed E-state index contributed by atoms with van der Waals surface area (Å²) in [5.41, 5.74) is -0.0733. The third kappa shape index (κ3) is 10.6. The lowest BCUT2D eigenvalue weighted by atomic mass is 10.1. The Kier molecular flexibility index (Phi) is 10.4. The largest absolute Gasteiger partial charge is 0.444 e. The van der Waals surface area contributed by atoms with Crippen molar-refractivity contribution in [1.82, 2.24) is 20.9 Å². The van der Waals surface area contributed by atoms with Crippen LogP contribution in [0.25, 0.3) is 0 Å². The average molecular weight is 512 g/mol. The van der Waals surface area contributed by atoms with E-state index in [2.05, 4.69) is 25.9 Å². The van der Waals surface area contributed by atoms with Crippen molar-refractivity contribution in [2.75, 3.05) is 32.6 Å². The van der Waals surface area contributed by atoms with Gasteiger partial charge in [-0.3, -0.25) is 4.99 Å². The monoisotopic (exact) mass is 512 g/mol. The zero-order valence-electron chi connectivity index (χ0n) is 17.5. The van der Waals surface area contributed by atoms with Crippen LogP contribution in [0.1, 0.15) is 40.3 Å². The Morgan fingerprint density at radius 3 is 2.37 bits per heavy atom. The van der Waals surface area contributed by atoms with Crippen LogP contribution in [0, 0.1) is 0 Å². The third-order valence-electron chi connectivity index (χ3n) is 3.12. The minimum absolute atomic E-state index is 0. The Balaban J connectivity index is 0.00000676. The van der Waals surface area contributed by atoms with E-state index in [0.717, 1.165) is 10.8 Å². The topological polar surface area (TPSA) is 90.9 Å². The van der Waals surface area contributed by atoms with Crippen molar-refractivity contribution in [2.45, 2.75) is 52.3 Å². The normalized spacial score (nSPS) is 12.1. The quantitative estimate of drug-likeness (QED) is 0.309. The second-order valence-electron chi connectivity index (χ2n) is 7.81. The highest BCUT2D eigenvalue weighted by Gasteiger charge is 2.24. The lowest BCUT2D eigenvalue weighted by Crippen LogP contribution is -2.54. The summed E-state index contributed by atoms with van der Waals surface area (Å²) in [6, 6.07) is 0. The van der Waals surface area contributed by atoms with Gasteiger partial charge in [-0.1, -0.05) is 0 Å². The van der Waals surface area contributed by atoms with E-state index in [9.17, 15) is 4.79 Å². The molecular formula is C17H33IN6O2S. The molecule has 8 nitrogen and oxygen atoms in total. The lowest BCUT2D eigenvalue weighted by molar-refractivity contribution is 0.0474. The number of hydrogen-bond donors (Lipinski definition) is 3. The van der Waals surface area contributed by atoms with Crippen LogP contribution in [0.15, 0.2) is 10.4 Å². The zero-order chi connectivity index (χ0) is 20.0. The van der Waals surface area contributed by atoms with Crippen molar-refractivity contribution in [3.8, 4) is 0 Å². The molecule has 0 unspecified atom stereocenters. The number of amides is 1. The molecular weight excluding hydrogens is 479 g/mol. The predicted molar refractivity (Wildman–Crippen MR) is 124 cm³/mol. The van der Waals surface area contributed by atoms with Crippen molar-refractivity contribution in [2.24, 2.45) is 4.99 Å². The number of thiazole rings is 1. The van der Waals surface area contributed by atoms with Crippen molar-refractivity contribution in [3.63, 3.8) is 0 Å². The minimum atomic E-state index is -0.524. The molecule has 0 radical (unpaired) electrons. The first-order valence-electron chi connectivity index (χ1n) is 8.49. The Bertz CT molecular complexity index is 625. The fourth-order valence-electron chi connectivity index (χ4n) is 1.91. The van der Waals surface area contributed by atoms with E-state index in [0.29, 0.717) is 19.0 Å². The van der Waals surface area contributed by atoms with E-state index in [1.807, 2.05) is 59.0 Å². The van der Waals surface area contributed by atoms with Crippen LogP contribution < -0.4 is 20.9 Å². The SMILES string of the molecule is CN=C(NCc1csc(N(C)C)n1)NCC(C)(C)NC(=O)OC(C)(C)C.I. The lowest BCUT2D eigenvalue weighted by Gasteiger charge is -2.29.